The standard InChI is InChI=1S/C13H16F3NO2/c1-9(2)17-8-7-11(18)10-5-3-4-6-12(10)19-13(14,15)16/h3-6,9,17H,7-8H2,1-2H3. The largest absolute Gasteiger partial charge is 0.573 e. The smallest absolute Gasteiger partial charge is 0.405 e. The summed E-state index contributed by atoms with van der Waals surface area (Å²) < 4.78 is 40.4. The fourth-order valence-corrected chi connectivity index (χ4v) is 1.52. The van der Waals surface area contributed by atoms with Gasteiger partial charge in [-0.2, -0.15) is 0 Å². The van der Waals surface area contributed by atoms with Crippen molar-refractivity contribution in [3.8, 4) is 5.75 Å². The van der Waals surface area contributed by atoms with Gasteiger partial charge in [-0.25, -0.2) is 0 Å². The number of carbonyl (C=O) groups excluding carboxylic acids is 1. The van der Waals surface area contributed by atoms with Crippen molar-refractivity contribution >= 4 is 5.78 Å². The highest BCUT2D eigenvalue weighted by Gasteiger charge is 2.32. The van der Waals surface area contributed by atoms with Gasteiger partial charge in [-0.15, -0.1) is 13.2 Å². The number of ketones is 1. The Labute approximate surface area is 109 Å². The number of rotatable bonds is 6. The summed E-state index contributed by atoms with van der Waals surface area (Å²) in [6, 6.07) is 5.58. The van der Waals surface area contributed by atoms with Gasteiger partial charge in [-0.05, 0) is 12.1 Å². The second kappa shape index (κ2) is 6.56. The van der Waals surface area contributed by atoms with Crippen LogP contribution in [0.15, 0.2) is 24.3 Å². The zero-order valence-corrected chi connectivity index (χ0v) is 10.8. The van der Waals surface area contributed by atoms with Gasteiger partial charge >= 0.3 is 6.36 Å². The second-order valence-electron chi connectivity index (χ2n) is 4.33. The molecule has 0 fully saturated rings. The lowest BCUT2D eigenvalue weighted by molar-refractivity contribution is -0.274. The van der Waals surface area contributed by atoms with Crippen LogP contribution in [-0.4, -0.2) is 24.7 Å². The Hall–Kier alpha value is -1.56. The zero-order valence-electron chi connectivity index (χ0n) is 10.8. The minimum atomic E-state index is -4.80. The Morgan fingerprint density at radius 1 is 1.32 bits per heavy atom. The lowest BCUT2D eigenvalue weighted by Crippen LogP contribution is -2.25. The summed E-state index contributed by atoms with van der Waals surface area (Å²) in [5, 5.41) is 3.03. The SMILES string of the molecule is CC(C)NCCC(=O)c1ccccc1OC(F)(F)F. The van der Waals surface area contributed by atoms with E-state index in [1.165, 1.54) is 18.2 Å². The van der Waals surface area contributed by atoms with E-state index in [9.17, 15) is 18.0 Å². The van der Waals surface area contributed by atoms with Crippen LogP contribution in [0.4, 0.5) is 13.2 Å². The number of benzene rings is 1. The van der Waals surface area contributed by atoms with E-state index in [-0.39, 0.29) is 23.8 Å². The van der Waals surface area contributed by atoms with Gasteiger partial charge in [0.25, 0.3) is 0 Å². The number of nitrogens with one attached hydrogen (secondary N) is 1. The number of halogens is 3. The van der Waals surface area contributed by atoms with Gasteiger partial charge in [-0.3, -0.25) is 4.79 Å². The molecule has 0 bridgehead atoms. The molecule has 6 heteroatoms. The minimum absolute atomic E-state index is 0.0506. The van der Waals surface area contributed by atoms with Gasteiger partial charge in [0.1, 0.15) is 5.75 Å². The average Bonchev–Trinajstić information content (AvgIpc) is 2.26. The maximum Gasteiger partial charge on any atom is 0.573 e. The minimum Gasteiger partial charge on any atom is -0.405 e. The third-order valence-electron chi connectivity index (χ3n) is 2.32. The van der Waals surface area contributed by atoms with Crippen LogP contribution in [0, 0.1) is 0 Å². The summed E-state index contributed by atoms with van der Waals surface area (Å²) in [6.45, 7) is 4.26. The van der Waals surface area contributed by atoms with E-state index in [0.29, 0.717) is 6.54 Å². The van der Waals surface area contributed by atoms with Gasteiger partial charge < -0.3 is 10.1 Å². The monoisotopic (exact) mass is 275 g/mol. The summed E-state index contributed by atoms with van der Waals surface area (Å²) in [7, 11) is 0. The molecule has 0 amide bonds. The Bertz CT molecular complexity index is 430. The third kappa shape index (κ3) is 5.74. The van der Waals surface area contributed by atoms with Crippen LogP contribution >= 0.6 is 0 Å². The summed E-state index contributed by atoms with van der Waals surface area (Å²) in [5.74, 6) is -0.836. The Morgan fingerprint density at radius 2 is 1.95 bits per heavy atom. The van der Waals surface area contributed by atoms with Crippen molar-refractivity contribution in [2.75, 3.05) is 6.54 Å². The van der Waals surface area contributed by atoms with Crippen LogP contribution in [0.2, 0.25) is 0 Å². The van der Waals surface area contributed by atoms with Crippen LogP contribution in [0.5, 0.6) is 5.75 Å². The molecule has 0 spiro atoms. The van der Waals surface area contributed by atoms with E-state index in [4.69, 9.17) is 0 Å². The summed E-state index contributed by atoms with van der Waals surface area (Å²) >= 11 is 0. The number of carbonyl (C=O) groups is 1. The molecule has 106 valence electrons. The zero-order chi connectivity index (χ0) is 14.5. The lowest BCUT2D eigenvalue weighted by Gasteiger charge is -2.13. The first-order valence-electron chi connectivity index (χ1n) is 5.91. The highest BCUT2D eigenvalue weighted by Crippen LogP contribution is 2.26. The quantitative estimate of drug-likeness (QED) is 0.810. The summed E-state index contributed by atoms with van der Waals surface area (Å²) in [4.78, 5) is 11.8. The molecule has 0 saturated heterocycles. The van der Waals surface area contributed by atoms with Crippen molar-refractivity contribution in [2.24, 2.45) is 0 Å². The molecule has 0 saturated carbocycles. The average molecular weight is 275 g/mol. The van der Waals surface area contributed by atoms with E-state index in [1.54, 1.807) is 0 Å². The molecule has 0 unspecified atom stereocenters. The van der Waals surface area contributed by atoms with E-state index < -0.39 is 12.1 Å². The van der Waals surface area contributed by atoms with Gasteiger partial charge in [0.2, 0.25) is 0 Å². The van der Waals surface area contributed by atoms with Crippen molar-refractivity contribution in [2.45, 2.75) is 32.7 Å². The van der Waals surface area contributed by atoms with Crippen molar-refractivity contribution in [1.82, 2.24) is 5.32 Å². The van der Waals surface area contributed by atoms with Crippen molar-refractivity contribution in [1.29, 1.82) is 0 Å². The van der Waals surface area contributed by atoms with Crippen molar-refractivity contribution in [3.05, 3.63) is 29.8 Å². The highest BCUT2D eigenvalue weighted by atomic mass is 19.4. The Kier molecular flexibility index (Phi) is 5.35. The molecule has 0 radical (unpaired) electrons. The fraction of sp³-hybridized carbons (Fsp3) is 0.462. The predicted molar refractivity (Wildman–Crippen MR) is 65.2 cm³/mol. The molecular formula is C13H16F3NO2. The van der Waals surface area contributed by atoms with Crippen molar-refractivity contribution in [3.63, 3.8) is 0 Å². The first-order valence-corrected chi connectivity index (χ1v) is 5.91. The van der Waals surface area contributed by atoms with E-state index in [2.05, 4.69) is 10.1 Å². The molecule has 1 aromatic carbocycles. The topological polar surface area (TPSA) is 38.3 Å². The maximum absolute atomic E-state index is 12.2. The summed E-state index contributed by atoms with van der Waals surface area (Å²) in [6.07, 6.45) is -4.68. The number of para-hydroxylation sites is 1. The van der Waals surface area contributed by atoms with E-state index >= 15 is 0 Å². The molecule has 19 heavy (non-hydrogen) atoms. The van der Waals surface area contributed by atoms with Gasteiger partial charge in [0.05, 0.1) is 5.56 Å². The first-order chi connectivity index (χ1) is 8.79. The maximum atomic E-state index is 12.2. The number of Topliss-reactive ketones (excluding diaryl/α,β-unsaturated/α-hetero) is 1. The molecular weight excluding hydrogens is 259 g/mol. The fourth-order valence-electron chi connectivity index (χ4n) is 1.52. The highest BCUT2D eigenvalue weighted by molar-refractivity contribution is 5.98. The number of alkyl halides is 3. The third-order valence-corrected chi connectivity index (χ3v) is 2.32. The molecule has 1 N–H and O–H groups in total. The van der Waals surface area contributed by atoms with E-state index in [1.807, 2.05) is 13.8 Å². The van der Waals surface area contributed by atoms with Crippen LogP contribution in [0.25, 0.3) is 0 Å². The molecule has 0 aliphatic heterocycles. The molecule has 0 atom stereocenters. The van der Waals surface area contributed by atoms with E-state index in [0.717, 1.165) is 6.07 Å². The molecule has 1 aromatic rings. The van der Waals surface area contributed by atoms with Gasteiger partial charge in [0.15, 0.2) is 5.78 Å². The molecule has 1 rings (SSSR count). The van der Waals surface area contributed by atoms with Crippen molar-refractivity contribution < 1.29 is 22.7 Å². The van der Waals surface area contributed by atoms with Crippen LogP contribution < -0.4 is 10.1 Å². The van der Waals surface area contributed by atoms with Crippen LogP contribution in [-0.2, 0) is 0 Å². The van der Waals surface area contributed by atoms with Gasteiger partial charge in [-0.1, -0.05) is 26.0 Å². The number of hydrogen-bond donors (Lipinski definition) is 1. The lowest BCUT2D eigenvalue weighted by atomic mass is 10.1. The molecule has 0 heterocycles. The number of hydrogen-bond acceptors (Lipinski definition) is 3. The van der Waals surface area contributed by atoms with Crippen LogP contribution in [0.1, 0.15) is 30.6 Å². The number of ether oxygens (including phenoxy) is 1. The van der Waals surface area contributed by atoms with Gasteiger partial charge in [0, 0.05) is 19.0 Å². The second-order valence-corrected chi connectivity index (χ2v) is 4.33. The molecule has 3 nitrogen and oxygen atoms in total. The molecule has 0 aliphatic rings. The first kappa shape index (κ1) is 15.5. The molecule has 0 aliphatic carbocycles. The summed E-state index contributed by atoms with van der Waals surface area (Å²) in [5.41, 5.74) is -0.0506. The predicted octanol–water partition coefficient (Wildman–Crippen LogP) is 3.16. The molecule has 0 aromatic heterocycles. The normalized spacial score (nSPS) is 11.7. The van der Waals surface area contributed by atoms with Crippen LogP contribution in [0.3, 0.4) is 0 Å². The Morgan fingerprint density at radius 3 is 2.53 bits per heavy atom. The Balaban J connectivity index is 2.74.